The highest BCUT2D eigenvalue weighted by Crippen LogP contribution is 2.40. The van der Waals surface area contributed by atoms with E-state index < -0.39 is 6.10 Å². The maximum atomic E-state index is 12.6. The summed E-state index contributed by atoms with van der Waals surface area (Å²) in [6.07, 6.45) is 1.58. The summed E-state index contributed by atoms with van der Waals surface area (Å²) >= 11 is 5.82. The predicted molar refractivity (Wildman–Crippen MR) is 87.8 cm³/mol. The highest BCUT2D eigenvalue weighted by atomic mass is 35.5. The molecule has 1 aromatic heterocycles. The average molecular weight is 348 g/mol. The van der Waals surface area contributed by atoms with Crippen LogP contribution >= 0.6 is 11.6 Å². The molecule has 2 aliphatic rings. The molecular weight excluding hydrogens is 330 g/mol. The lowest BCUT2D eigenvalue weighted by atomic mass is 10.1. The molecule has 0 spiro atoms. The van der Waals surface area contributed by atoms with Gasteiger partial charge in [-0.25, -0.2) is 0 Å². The maximum Gasteiger partial charge on any atom is 0.258 e. The minimum atomic E-state index is -0.507. The molecule has 2 N–H and O–H groups in total. The number of aromatic nitrogens is 2. The van der Waals surface area contributed by atoms with Crippen molar-refractivity contribution in [1.29, 1.82) is 0 Å². The van der Waals surface area contributed by atoms with Crippen LogP contribution in [0.3, 0.4) is 0 Å². The molecule has 1 atom stereocenters. The molecule has 6 nitrogen and oxygen atoms in total. The van der Waals surface area contributed by atoms with Crippen molar-refractivity contribution < 1.29 is 15.0 Å². The molecular formula is C17H18ClN3O3. The van der Waals surface area contributed by atoms with E-state index in [0.29, 0.717) is 36.3 Å². The van der Waals surface area contributed by atoms with Gasteiger partial charge in [0.25, 0.3) is 5.91 Å². The molecule has 1 saturated carbocycles. The van der Waals surface area contributed by atoms with E-state index in [4.69, 9.17) is 11.6 Å². The van der Waals surface area contributed by atoms with Gasteiger partial charge in [0.2, 0.25) is 0 Å². The summed E-state index contributed by atoms with van der Waals surface area (Å²) in [6, 6.07) is 6.37. The van der Waals surface area contributed by atoms with Crippen LogP contribution in [0.5, 0.6) is 5.75 Å². The number of carbonyl (C=O) groups excluding carboxylic acids is 1. The van der Waals surface area contributed by atoms with E-state index in [1.807, 2.05) is 10.7 Å². The Morgan fingerprint density at radius 1 is 1.29 bits per heavy atom. The van der Waals surface area contributed by atoms with Crippen LogP contribution in [0.2, 0.25) is 5.02 Å². The van der Waals surface area contributed by atoms with Crippen molar-refractivity contribution in [3.05, 3.63) is 46.2 Å². The molecule has 0 unspecified atom stereocenters. The predicted octanol–water partition coefficient (Wildman–Crippen LogP) is 2.34. The smallest absolute Gasteiger partial charge is 0.258 e. The van der Waals surface area contributed by atoms with Crippen LogP contribution in [0.15, 0.2) is 24.3 Å². The van der Waals surface area contributed by atoms with Gasteiger partial charge in [-0.2, -0.15) is 5.10 Å². The third-order valence-electron chi connectivity index (χ3n) is 4.67. The molecule has 1 amide bonds. The molecule has 1 fully saturated rings. The van der Waals surface area contributed by atoms with E-state index in [-0.39, 0.29) is 17.2 Å². The van der Waals surface area contributed by atoms with Gasteiger partial charge in [0, 0.05) is 11.6 Å². The van der Waals surface area contributed by atoms with E-state index in [9.17, 15) is 15.0 Å². The first-order valence-corrected chi connectivity index (χ1v) is 8.43. The number of aromatic hydroxyl groups is 1. The fourth-order valence-electron chi connectivity index (χ4n) is 3.12. The van der Waals surface area contributed by atoms with Crippen LogP contribution in [0.4, 0.5) is 0 Å². The Balaban J connectivity index is 1.54. The van der Waals surface area contributed by atoms with Crippen molar-refractivity contribution in [2.24, 2.45) is 5.92 Å². The summed E-state index contributed by atoms with van der Waals surface area (Å²) in [5.41, 5.74) is 1.83. The zero-order chi connectivity index (χ0) is 16.8. The zero-order valence-electron chi connectivity index (χ0n) is 13.0. The Morgan fingerprint density at radius 3 is 2.79 bits per heavy atom. The lowest BCUT2D eigenvalue weighted by molar-refractivity contribution is 0.0702. The molecule has 4 rings (SSSR count). The number of phenolic OH excluding ortho intramolecular Hbond substituents is 1. The van der Waals surface area contributed by atoms with Gasteiger partial charge in [-0.1, -0.05) is 11.6 Å². The number of hydrogen-bond acceptors (Lipinski definition) is 4. The number of rotatable bonds is 3. The molecule has 24 heavy (non-hydrogen) atoms. The molecule has 1 aromatic carbocycles. The second-order valence-corrected chi connectivity index (χ2v) is 6.89. The number of phenols is 1. The number of halogens is 1. The highest BCUT2D eigenvalue weighted by molar-refractivity contribution is 6.30. The topological polar surface area (TPSA) is 78.6 Å². The van der Waals surface area contributed by atoms with Gasteiger partial charge in [0.15, 0.2) is 0 Å². The summed E-state index contributed by atoms with van der Waals surface area (Å²) < 4.78 is 1.85. The summed E-state index contributed by atoms with van der Waals surface area (Å²) in [5, 5.41) is 25.0. The van der Waals surface area contributed by atoms with E-state index in [1.165, 1.54) is 12.1 Å². The number of benzene rings is 1. The minimum absolute atomic E-state index is 0.114. The van der Waals surface area contributed by atoms with Crippen molar-refractivity contribution in [2.45, 2.75) is 32.0 Å². The molecule has 126 valence electrons. The number of fused-ring (bicyclic) bond motifs is 1. The number of hydrogen-bond donors (Lipinski definition) is 2. The molecule has 1 aliphatic heterocycles. The standard InChI is InChI=1S/C17H18ClN3O3/c18-11-3-4-13(15(22)7-11)17(24)20-5-6-21-12(9-20)8-14(19-21)16(23)10-1-2-10/h3-4,7-8,10,16,22-23H,1-2,5-6,9H2/t16-/m1/s1. The highest BCUT2D eigenvalue weighted by Gasteiger charge is 2.34. The van der Waals surface area contributed by atoms with Crippen molar-refractivity contribution in [3.8, 4) is 5.75 Å². The summed E-state index contributed by atoms with van der Waals surface area (Å²) in [4.78, 5) is 14.3. The molecule has 0 radical (unpaired) electrons. The molecule has 7 heteroatoms. The molecule has 0 saturated heterocycles. The SMILES string of the molecule is O=C(c1ccc(Cl)cc1O)N1CCn2nc([C@H](O)C3CC3)cc2C1. The van der Waals surface area contributed by atoms with Crippen molar-refractivity contribution in [3.63, 3.8) is 0 Å². The number of amides is 1. The Labute approximate surface area is 144 Å². The Hall–Kier alpha value is -2.05. The van der Waals surface area contributed by atoms with E-state index in [1.54, 1.807) is 11.0 Å². The molecule has 2 heterocycles. The van der Waals surface area contributed by atoms with E-state index in [0.717, 1.165) is 18.5 Å². The van der Waals surface area contributed by atoms with Crippen LogP contribution in [0.1, 0.15) is 40.7 Å². The van der Waals surface area contributed by atoms with Crippen LogP contribution in [0, 0.1) is 5.92 Å². The van der Waals surface area contributed by atoms with E-state index >= 15 is 0 Å². The molecule has 1 aliphatic carbocycles. The third-order valence-corrected chi connectivity index (χ3v) is 4.90. The van der Waals surface area contributed by atoms with Crippen molar-refractivity contribution >= 4 is 17.5 Å². The summed E-state index contributed by atoms with van der Waals surface area (Å²) in [5.74, 6) is -0.0250. The van der Waals surface area contributed by atoms with Crippen LogP contribution in [-0.2, 0) is 13.1 Å². The van der Waals surface area contributed by atoms with Gasteiger partial charge in [-0.15, -0.1) is 0 Å². The summed E-state index contributed by atoms with van der Waals surface area (Å²) in [7, 11) is 0. The minimum Gasteiger partial charge on any atom is -0.507 e. The summed E-state index contributed by atoms with van der Waals surface area (Å²) in [6.45, 7) is 1.49. The first kappa shape index (κ1) is 15.5. The van der Waals surface area contributed by atoms with Crippen LogP contribution in [-0.4, -0.2) is 37.3 Å². The number of nitrogens with zero attached hydrogens (tertiary/aromatic N) is 3. The molecule has 2 aromatic rings. The van der Waals surface area contributed by atoms with Gasteiger partial charge in [0.1, 0.15) is 11.9 Å². The number of carbonyl (C=O) groups is 1. The van der Waals surface area contributed by atoms with Crippen molar-refractivity contribution in [2.75, 3.05) is 6.54 Å². The van der Waals surface area contributed by atoms with Gasteiger partial charge in [-0.3, -0.25) is 9.48 Å². The number of aliphatic hydroxyl groups excluding tert-OH is 1. The lowest BCUT2D eigenvalue weighted by Crippen LogP contribution is -2.38. The average Bonchev–Trinajstić information content (AvgIpc) is 3.32. The number of aliphatic hydroxyl groups is 1. The third kappa shape index (κ3) is 2.76. The zero-order valence-corrected chi connectivity index (χ0v) is 13.8. The Bertz CT molecular complexity index is 800. The second kappa shape index (κ2) is 5.79. The first-order valence-electron chi connectivity index (χ1n) is 8.05. The van der Waals surface area contributed by atoms with Crippen LogP contribution in [0.25, 0.3) is 0 Å². The maximum absolute atomic E-state index is 12.6. The molecule has 0 bridgehead atoms. The first-order chi connectivity index (χ1) is 11.5. The fraction of sp³-hybridized carbons (Fsp3) is 0.412. The normalized spacial score (nSPS) is 18.3. The van der Waals surface area contributed by atoms with Gasteiger partial charge >= 0.3 is 0 Å². The largest absolute Gasteiger partial charge is 0.507 e. The van der Waals surface area contributed by atoms with Gasteiger partial charge in [0.05, 0.1) is 30.0 Å². The van der Waals surface area contributed by atoms with Gasteiger partial charge in [-0.05, 0) is 43.0 Å². The van der Waals surface area contributed by atoms with Crippen LogP contribution < -0.4 is 0 Å². The van der Waals surface area contributed by atoms with E-state index in [2.05, 4.69) is 5.10 Å². The second-order valence-electron chi connectivity index (χ2n) is 6.45. The van der Waals surface area contributed by atoms with Crippen molar-refractivity contribution in [1.82, 2.24) is 14.7 Å². The Kier molecular flexibility index (Phi) is 3.73. The van der Waals surface area contributed by atoms with Gasteiger partial charge < -0.3 is 15.1 Å². The lowest BCUT2D eigenvalue weighted by Gasteiger charge is -2.28. The monoisotopic (exact) mass is 347 g/mol. The fourth-order valence-corrected chi connectivity index (χ4v) is 3.28. The quantitative estimate of drug-likeness (QED) is 0.893. The Morgan fingerprint density at radius 2 is 2.08 bits per heavy atom.